The molecule has 0 aromatic heterocycles. The van der Waals surface area contributed by atoms with Gasteiger partial charge in [0.05, 0.1) is 5.56 Å². The number of carbonyl (C=O) groups excluding carboxylic acids is 1. The zero-order chi connectivity index (χ0) is 17.5. The number of benzene rings is 1. The molecule has 24 heavy (non-hydrogen) atoms. The Morgan fingerprint density at radius 3 is 2.21 bits per heavy atom. The van der Waals surface area contributed by atoms with Gasteiger partial charge in [0, 0.05) is 18.7 Å². The molecule has 2 rings (SSSR count). The Morgan fingerprint density at radius 2 is 1.67 bits per heavy atom. The van der Waals surface area contributed by atoms with Crippen LogP contribution < -0.4 is 5.32 Å². The van der Waals surface area contributed by atoms with Crippen molar-refractivity contribution in [2.45, 2.75) is 45.4 Å². The Bertz CT molecular complexity index is 574. The van der Waals surface area contributed by atoms with Crippen LogP contribution in [0.2, 0.25) is 0 Å². The quantitative estimate of drug-likeness (QED) is 0.805. The first-order chi connectivity index (χ1) is 11.6. The highest BCUT2D eigenvalue weighted by molar-refractivity contribution is 5.98. The molecule has 0 saturated carbocycles. The maximum absolute atomic E-state index is 12.9. The summed E-state index contributed by atoms with van der Waals surface area (Å²) >= 11 is 0. The molecule has 0 spiro atoms. The number of amides is 1. The van der Waals surface area contributed by atoms with E-state index in [1.165, 1.54) is 6.07 Å². The Hall–Kier alpha value is -1.88. The monoisotopic (exact) mass is 332 g/mol. The van der Waals surface area contributed by atoms with Crippen molar-refractivity contribution in [3.05, 3.63) is 34.9 Å². The third-order valence-electron chi connectivity index (χ3n) is 4.53. The molecule has 1 saturated heterocycles. The third-order valence-corrected chi connectivity index (χ3v) is 4.53. The number of hydrogen-bond acceptors (Lipinski definition) is 3. The van der Waals surface area contributed by atoms with Crippen LogP contribution in [0.1, 0.15) is 71.7 Å². The molecule has 5 nitrogen and oxygen atoms in total. The van der Waals surface area contributed by atoms with Gasteiger partial charge in [0.2, 0.25) is 0 Å². The van der Waals surface area contributed by atoms with Gasteiger partial charge in [-0.3, -0.25) is 4.79 Å². The van der Waals surface area contributed by atoms with E-state index in [1.54, 1.807) is 6.07 Å². The van der Waals surface area contributed by atoms with E-state index < -0.39 is 5.97 Å². The SMILES string of the molecule is CCCN(CCC)C(=O)c1cc(C(=O)O)cc(C2CCNCC2)c1. The summed E-state index contributed by atoms with van der Waals surface area (Å²) in [5.41, 5.74) is 1.69. The zero-order valence-electron chi connectivity index (χ0n) is 14.7. The van der Waals surface area contributed by atoms with Gasteiger partial charge in [0.15, 0.2) is 0 Å². The van der Waals surface area contributed by atoms with Gasteiger partial charge in [-0.25, -0.2) is 4.79 Å². The Morgan fingerprint density at radius 1 is 1.08 bits per heavy atom. The largest absolute Gasteiger partial charge is 0.478 e. The van der Waals surface area contributed by atoms with Crippen molar-refractivity contribution in [3.63, 3.8) is 0 Å². The van der Waals surface area contributed by atoms with Gasteiger partial charge in [-0.15, -0.1) is 0 Å². The molecular weight excluding hydrogens is 304 g/mol. The van der Waals surface area contributed by atoms with E-state index in [-0.39, 0.29) is 11.5 Å². The van der Waals surface area contributed by atoms with Crippen LogP contribution in [0.3, 0.4) is 0 Å². The summed E-state index contributed by atoms with van der Waals surface area (Å²) in [6.07, 6.45) is 3.74. The van der Waals surface area contributed by atoms with Crippen LogP contribution in [-0.4, -0.2) is 48.1 Å². The first-order valence-electron chi connectivity index (χ1n) is 8.95. The number of carboxylic acid groups (broad SMARTS) is 1. The number of carboxylic acids is 1. The second-order valence-electron chi connectivity index (χ2n) is 6.47. The van der Waals surface area contributed by atoms with Crippen molar-refractivity contribution in [2.75, 3.05) is 26.2 Å². The molecule has 1 fully saturated rings. The maximum atomic E-state index is 12.9. The zero-order valence-corrected chi connectivity index (χ0v) is 14.7. The lowest BCUT2D eigenvalue weighted by Gasteiger charge is -2.25. The number of carbonyl (C=O) groups is 2. The molecule has 1 aliphatic heterocycles. The summed E-state index contributed by atoms with van der Waals surface area (Å²) in [7, 11) is 0. The van der Waals surface area contributed by atoms with Crippen molar-refractivity contribution in [1.82, 2.24) is 10.2 Å². The average molecular weight is 332 g/mol. The van der Waals surface area contributed by atoms with Crippen molar-refractivity contribution >= 4 is 11.9 Å². The lowest BCUT2D eigenvalue weighted by molar-refractivity contribution is 0.0696. The number of rotatable bonds is 7. The highest BCUT2D eigenvalue weighted by Crippen LogP contribution is 2.27. The first kappa shape index (κ1) is 18.5. The standard InChI is InChI=1S/C19H28N2O3/c1-3-9-21(10-4-2)18(22)16-11-15(12-17(13-16)19(23)24)14-5-7-20-8-6-14/h11-14,20H,3-10H2,1-2H3,(H,23,24). The van der Waals surface area contributed by atoms with Gasteiger partial charge >= 0.3 is 5.97 Å². The van der Waals surface area contributed by atoms with Gasteiger partial charge in [0.25, 0.3) is 5.91 Å². The minimum absolute atomic E-state index is 0.0583. The summed E-state index contributed by atoms with van der Waals surface area (Å²) in [6, 6.07) is 5.16. The summed E-state index contributed by atoms with van der Waals surface area (Å²) < 4.78 is 0. The van der Waals surface area contributed by atoms with Crippen molar-refractivity contribution < 1.29 is 14.7 Å². The highest BCUT2D eigenvalue weighted by Gasteiger charge is 2.21. The number of piperidine rings is 1. The summed E-state index contributed by atoms with van der Waals surface area (Å²) in [5, 5.41) is 12.7. The maximum Gasteiger partial charge on any atom is 0.335 e. The number of aromatic carboxylic acids is 1. The van der Waals surface area contributed by atoms with Gasteiger partial charge in [-0.05, 0) is 68.5 Å². The molecule has 1 heterocycles. The van der Waals surface area contributed by atoms with Crippen molar-refractivity contribution in [1.29, 1.82) is 0 Å². The molecule has 0 unspecified atom stereocenters. The van der Waals surface area contributed by atoms with Gasteiger partial charge in [-0.2, -0.15) is 0 Å². The summed E-state index contributed by atoms with van der Waals surface area (Å²) in [4.78, 5) is 26.2. The van der Waals surface area contributed by atoms with Crippen LogP contribution in [0, 0.1) is 0 Å². The van der Waals surface area contributed by atoms with Crippen LogP contribution in [0.4, 0.5) is 0 Å². The molecule has 2 N–H and O–H groups in total. The van der Waals surface area contributed by atoms with E-state index in [0.717, 1.165) is 44.3 Å². The molecule has 1 amide bonds. The fourth-order valence-corrected chi connectivity index (χ4v) is 3.33. The van der Waals surface area contributed by atoms with Crippen molar-refractivity contribution in [3.8, 4) is 0 Å². The average Bonchev–Trinajstić information content (AvgIpc) is 2.61. The molecule has 1 aliphatic rings. The Labute approximate surface area is 144 Å². The first-order valence-corrected chi connectivity index (χ1v) is 8.95. The van der Waals surface area contributed by atoms with Crippen LogP contribution in [-0.2, 0) is 0 Å². The smallest absolute Gasteiger partial charge is 0.335 e. The molecule has 0 atom stereocenters. The number of hydrogen-bond donors (Lipinski definition) is 2. The minimum atomic E-state index is -0.975. The number of nitrogens with zero attached hydrogens (tertiary/aromatic N) is 1. The minimum Gasteiger partial charge on any atom is -0.478 e. The fourth-order valence-electron chi connectivity index (χ4n) is 3.33. The second-order valence-corrected chi connectivity index (χ2v) is 6.47. The molecule has 1 aromatic rings. The summed E-state index contributed by atoms with van der Waals surface area (Å²) in [6.45, 7) is 7.36. The predicted octanol–water partition coefficient (Wildman–Crippen LogP) is 3.11. The normalized spacial score (nSPS) is 15.2. The number of nitrogens with one attached hydrogen (secondary N) is 1. The molecule has 1 aromatic carbocycles. The van der Waals surface area contributed by atoms with E-state index in [0.29, 0.717) is 24.6 Å². The molecule has 0 radical (unpaired) electrons. The van der Waals surface area contributed by atoms with Crippen LogP contribution in [0.25, 0.3) is 0 Å². The Kier molecular flexibility index (Phi) is 6.79. The highest BCUT2D eigenvalue weighted by atomic mass is 16.4. The molecule has 0 bridgehead atoms. The van der Waals surface area contributed by atoms with E-state index >= 15 is 0 Å². The van der Waals surface area contributed by atoms with Crippen LogP contribution >= 0.6 is 0 Å². The molecule has 5 heteroatoms. The fraction of sp³-hybridized carbons (Fsp3) is 0.579. The lowest BCUT2D eigenvalue weighted by Crippen LogP contribution is -2.33. The van der Waals surface area contributed by atoms with E-state index in [1.807, 2.05) is 24.8 Å². The summed E-state index contributed by atoms with van der Waals surface area (Å²) in [5.74, 6) is -0.711. The third kappa shape index (κ3) is 4.57. The van der Waals surface area contributed by atoms with E-state index in [9.17, 15) is 14.7 Å². The topological polar surface area (TPSA) is 69.6 Å². The molecule has 0 aliphatic carbocycles. The van der Waals surface area contributed by atoms with Crippen molar-refractivity contribution in [2.24, 2.45) is 0 Å². The lowest BCUT2D eigenvalue weighted by atomic mass is 9.88. The van der Waals surface area contributed by atoms with Crippen LogP contribution in [0.15, 0.2) is 18.2 Å². The van der Waals surface area contributed by atoms with E-state index in [4.69, 9.17) is 0 Å². The molecule has 132 valence electrons. The van der Waals surface area contributed by atoms with E-state index in [2.05, 4.69) is 5.32 Å². The Balaban J connectivity index is 2.34. The predicted molar refractivity (Wildman–Crippen MR) is 94.7 cm³/mol. The van der Waals surface area contributed by atoms with Gasteiger partial charge < -0.3 is 15.3 Å². The molecular formula is C19H28N2O3. The second kappa shape index (κ2) is 8.83. The van der Waals surface area contributed by atoms with Gasteiger partial charge in [0.1, 0.15) is 0 Å². The van der Waals surface area contributed by atoms with Crippen LogP contribution in [0.5, 0.6) is 0 Å². The van der Waals surface area contributed by atoms with Gasteiger partial charge in [-0.1, -0.05) is 13.8 Å².